The Kier molecular flexibility index (Phi) is 4.64. The number of nitrogens with one attached hydrogen (secondary N) is 1. The standard InChI is InChI=1S/C20H20FN3O2/c1-20(2,12-22)15-8-7-13(11-16(15)21)17-6-4-10-24(17)19(26)14-5-3-9-23-18(14)25/h3,5,7-9,11,17H,4,6,10H2,1-2H3,(H,23,25)/t17-/m1/s1. The van der Waals surface area contributed by atoms with Crippen molar-refractivity contribution < 1.29 is 9.18 Å². The zero-order valence-electron chi connectivity index (χ0n) is 14.8. The van der Waals surface area contributed by atoms with Gasteiger partial charge < -0.3 is 9.88 Å². The first-order chi connectivity index (χ1) is 12.3. The van der Waals surface area contributed by atoms with Crippen molar-refractivity contribution in [2.45, 2.75) is 38.1 Å². The maximum atomic E-state index is 14.6. The first-order valence-corrected chi connectivity index (χ1v) is 8.55. The monoisotopic (exact) mass is 353 g/mol. The number of carbonyl (C=O) groups excluding carboxylic acids is 1. The lowest BCUT2D eigenvalue weighted by Gasteiger charge is -2.26. The summed E-state index contributed by atoms with van der Waals surface area (Å²) in [6, 6.07) is 9.71. The fraction of sp³-hybridized carbons (Fsp3) is 0.350. The first-order valence-electron chi connectivity index (χ1n) is 8.55. The third kappa shape index (κ3) is 3.13. The number of nitriles is 1. The van der Waals surface area contributed by atoms with Gasteiger partial charge in [0.15, 0.2) is 0 Å². The molecule has 1 aliphatic rings. The molecule has 0 bridgehead atoms. The Balaban J connectivity index is 1.93. The molecule has 1 aliphatic heterocycles. The average molecular weight is 353 g/mol. The van der Waals surface area contributed by atoms with Gasteiger partial charge in [-0.25, -0.2) is 4.39 Å². The van der Waals surface area contributed by atoms with Crippen LogP contribution in [0.15, 0.2) is 41.3 Å². The lowest BCUT2D eigenvalue weighted by Crippen LogP contribution is -2.34. The second-order valence-electron chi connectivity index (χ2n) is 7.05. The number of aromatic amines is 1. The number of amides is 1. The molecule has 3 rings (SSSR count). The smallest absolute Gasteiger partial charge is 0.260 e. The zero-order valence-corrected chi connectivity index (χ0v) is 14.8. The van der Waals surface area contributed by atoms with Crippen LogP contribution in [0.5, 0.6) is 0 Å². The van der Waals surface area contributed by atoms with Gasteiger partial charge >= 0.3 is 0 Å². The number of hydrogen-bond acceptors (Lipinski definition) is 3. The van der Waals surface area contributed by atoms with Crippen LogP contribution >= 0.6 is 0 Å². The van der Waals surface area contributed by atoms with Crippen molar-refractivity contribution in [1.29, 1.82) is 5.26 Å². The van der Waals surface area contributed by atoms with E-state index >= 15 is 0 Å². The fourth-order valence-corrected chi connectivity index (χ4v) is 3.41. The second kappa shape index (κ2) is 6.75. The number of benzene rings is 1. The van der Waals surface area contributed by atoms with Crippen molar-refractivity contribution in [3.63, 3.8) is 0 Å². The number of H-pyrrole nitrogens is 1. The van der Waals surface area contributed by atoms with Crippen LogP contribution in [0, 0.1) is 17.1 Å². The van der Waals surface area contributed by atoms with Crippen molar-refractivity contribution in [3.8, 4) is 6.07 Å². The summed E-state index contributed by atoms with van der Waals surface area (Å²) >= 11 is 0. The third-order valence-corrected chi connectivity index (χ3v) is 4.89. The SMILES string of the molecule is CC(C)(C#N)c1ccc([C@H]2CCCN2C(=O)c2ccc[nH]c2=O)cc1F. The van der Waals surface area contributed by atoms with Crippen molar-refractivity contribution in [2.24, 2.45) is 0 Å². The van der Waals surface area contributed by atoms with Gasteiger partial charge in [0.2, 0.25) is 0 Å². The Labute approximate surface area is 151 Å². The van der Waals surface area contributed by atoms with Gasteiger partial charge in [-0.05, 0) is 50.5 Å². The molecule has 1 atom stereocenters. The summed E-state index contributed by atoms with van der Waals surface area (Å²) in [5, 5.41) is 9.22. The highest BCUT2D eigenvalue weighted by Crippen LogP contribution is 2.35. The van der Waals surface area contributed by atoms with Crippen molar-refractivity contribution >= 4 is 5.91 Å². The number of rotatable bonds is 3. The minimum atomic E-state index is -0.925. The highest BCUT2D eigenvalue weighted by atomic mass is 19.1. The molecule has 1 aromatic carbocycles. The van der Waals surface area contributed by atoms with Gasteiger partial charge in [-0.1, -0.05) is 12.1 Å². The zero-order chi connectivity index (χ0) is 18.9. The number of nitrogens with zero attached hydrogens (tertiary/aromatic N) is 2. The summed E-state index contributed by atoms with van der Waals surface area (Å²) in [6.07, 6.45) is 2.97. The minimum absolute atomic E-state index is 0.0853. The highest BCUT2D eigenvalue weighted by molar-refractivity contribution is 5.94. The van der Waals surface area contributed by atoms with Crippen LogP contribution in [0.3, 0.4) is 0 Å². The third-order valence-electron chi connectivity index (χ3n) is 4.89. The topological polar surface area (TPSA) is 77.0 Å². The molecule has 26 heavy (non-hydrogen) atoms. The molecule has 134 valence electrons. The lowest BCUT2D eigenvalue weighted by molar-refractivity contribution is 0.0733. The number of aromatic nitrogens is 1. The Bertz CT molecular complexity index is 943. The number of halogens is 1. The molecule has 2 heterocycles. The summed E-state index contributed by atoms with van der Waals surface area (Å²) in [4.78, 5) is 28.8. The van der Waals surface area contributed by atoms with Crippen LogP contribution in [0.2, 0.25) is 0 Å². The quantitative estimate of drug-likeness (QED) is 0.920. The van der Waals surface area contributed by atoms with Gasteiger partial charge in [-0.3, -0.25) is 9.59 Å². The molecule has 6 heteroatoms. The van der Waals surface area contributed by atoms with Crippen LogP contribution in [0.4, 0.5) is 4.39 Å². The van der Waals surface area contributed by atoms with E-state index in [1.807, 2.05) is 0 Å². The second-order valence-corrected chi connectivity index (χ2v) is 7.05. The van der Waals surface area contributed by atoms with E-state index in [-0.39, 0.29) is 17.5 Å². The molecule has 1 saturated heterocycles. The van der Waals surface area contributed by atoms with E-state index in [1.165, 1.54) is 18.3 Å². The molecular formula is C20H20FN3O2. The van der Waals surface area contributed by atoms with E-state index in [2.05, 4.69) is 11.1 Å². The van der Waals surface area contributed by atoms with Crippen LogP contribution in [0.1, 0.15) is 54.2 Å². The van der Waals surface area contributed by atoms with Crippen LogP contribution in [-0.2, 0) is 5.41 Å². The molecular weight excluding hydrogens is 333 g/mol. The van der Waals surface area contributed by atoms with Crippen molar-refractivity contribution in [2.75, 3.05) is 6.54 Å². The highest BCUT2D eigenvalue weighted by Gasteiger charge is 2.33. The fourth-order valence-electron chi connectivity index (χ4n) is 3.41. The largest absolute Gasteiger partial charge is 0.331 e. The summed E-state index contributed by atoms with van der Waals surface area (Å²) in [5.41, 5.74) is -0.259. The van der Waals surface area contributed by atoms with Crippen molar-refractivity contribution in [3.05, 3.63) is 69.4 Å². The van der Waals surface area contributed by atoms with E-state index in [9.17, 15) is 19.2 Å². The van der Waals surface area contributed by atoms with Crippen LogP contribution in [-0.4, -0.2) is 22.3 Å². The molecule has 1 fully saturated rings. The minimum Gasteiger partial charge on any atom is -0.331 e. The molecule has 0 saturated carbocycles. The van der Waals surface area contributed by atoms with Crippen LogP contribution in [0.25, 0.3) is 0 Å². The number of pyridine rings is 1. The van der Waals surface area contributed by atoms with Crippen molar-refractivity contribution in [1.82, 2.24) is 9.88 Å². The predicted molar refractivity (Wildman–Crippen MR) is 95.1 cm³/mol. The lowest BCUT2D eigenvalue weighted by atomic mass is 9.85. The van der Waals surface area contributed by atoms with Gasteiger partial charge in [-0.2, -0.15) is 5.26 Å². The molecule has 1 amide bonds. The molecule has 0 spiro atoms. The van der Waals surface area contributed by atoms with E-state index in [0.29, 0.717) is 24.1 Å². The number of hydrogen-bond donors (Lipinski definition) is 1. The van der Waals surface area contributed by atoms with E-state index in [1.54, 1.807) is 36.9 Å². The van der Waals surface area contributed by atoms with E-state index in [0.717, 1.165) is 6.42 Å². The first kappa shape index (κ1) is 17.9. The van der Waals surface area contributed by atoms with E-state index in [4.69, 9.17) is 0 Å². The Morgan fingerprint density at radius 2 is 2.15 bits per heavy atom. The van der Waals surface area contributed by atoms with Gasteiger partial charge in [-0.15, -0.1) is 0 Å². The van der Waals surface area contributed by atoms with Gasteiger partial charge in [0.05, 0.1) is 17.5 Å². The van der Waals surface area contributed by atoms with E-state index < -0.39 is 16.8 Å². The Morgan fingerprint density at radius 1 is 1.38 bits per heavy atom. The summed E-state index contributed by atoms with van der Waals surface area (Å²) in [6.45, 7) is 3.85. The molecule has 0 aliphatic carbocycles. The van der Waals surface area contributed by atoms with Gasteiger partial charge in [0.1, 0.15) is 11.4 Å². The summed E-state index contributed by atoms with van der Waals surface area (Å²) in [7, 11) is 0. The molecule has 1 N–H and O–H groups in total. The molecule has 2 aromatic rings. The number of likely N-dealkylation sites (tertiary alicyclic amines) is 1. The molecule has 1 aromatic heterocycles. The van der Waals surface area contributed by atoms with Gasteiger partial charge in [0.25, 0.3) is 11.5 Å². The maximum absolute atomic E-state index is 14.6. The molecule has 0 unspecified atom stereocenters. The molecule has 0 radical (unpaired) electrons. The number of carbonyl (C=O) groups is 1. The predicted octanol–water partition coefficient (Wildman–Crippen LogP) is 3.29. The molecule has 5 nitrogen and oxygen atoms in total. The van der Waals surface area contributed by atoms with Crippen LogP contribution < -0.4 is 5.56 Å². The average Bonchev–Trinajstić information content (AvgIpc) is 3.11. The van der Waals surface area contributed by atoms with Gasteiger partial charge in [0, 0.05) is 18.3 Å². The summed E-state index contributed by atoms with van der Waals surface area (Å²) < 4.78 is 14.6. The Hall–Kier alpha value is -2.94. The maximum Gasteiger partial charge on any atom is 0.260 e. The normalized spacial score (nSPS) is 17.2. The Morgan fingerprint density at radius 3 is 2.81 bits per heavy atom. The summed E-state index contributed by atoms with van der Waals surface area (Å²) in [5.74, 6) is -0.804.